The van der Waals surface area contributed by atoms with Gasteiger partial charge in [0.05, 0.1) is 24.4 Å². The molecule has 0 aliphatic carbocycles. The molecule has 0 fully saturated rings. The van der Waals surface area contributed by atoms with Crippen LogP contribution >= 0.6 is 0 Å². The highest BCUT2D eigenvalue weighted by Gasteiger charge is 2.04. The van der Waals surface area contributed by atoms with Crippen LogP contribution in [-0.2, 0) is 0 Å². The summed E-state index contributed by atoms with van der Waals surface area (Å²) in [6.45, 7) is 0. The number of rotatable bonds is 3. The molecule has 0 unspecified atom stereocenters. The smallest absolute Gasteiger partial charge is 0.142 e. The maximum Gasteiger partial charge on any atom is 0.142 e. The van der Waals surface area contributed by atoms with Gasteiger partial charge in [-0.3, -0.25) is 0 Å². The first-order chi connectivity index (χ1) is 8.72. The third-order valence-electron chi connectivity index (χ3n) is 2.41. The van der Waals surface area contributed by atoms with Crippen LogP contribution in [-0.4, -0.2) is 7.11 Å². The first-order valence-electron chi connectivity index (χ1n) is 5.33. The molecule has 0 saturated heterocycles. The maximum absolute atomic E-state index is 13.3. The van der Waals surface area contributed by atoms with Crippen molar-refractivity contribution >= 4 is 11.4 Å². The molecule has 0 bridgehead atoms. The van der Waals surface area contributed by atoms with Crippen LogP contribution in [0.5, 0.6) is 5.75 Å². The van der Waals surface area contributed by atoms with Gasteiger partial charge in [-0.1, -0.05) is 12.1 Å². The Morgan fingerprint density at radius 2 is 2.00 bits per heavy atom. The zero-order valence-corrected chi connectivity index (χ0v) is 9.77. The molecule has 1 N–H and O–H groups in total. The van der Waals surface area contributed by atoms with E-state index in [1.807, 2.05) is 24.3 Å². The van der Waals surface area contributed by atoms with E-state index < -0.39 is 5.82 Å². The predicted molar refractivity (Wildman–Crippen MR) is 67.4 cm³/mol. The minimum Gasteiger partial charge on any atom is -0.495 e. The predicted octanol–water partition coefficient (Wildman–Crippen LogP) is 3.45. The number of benzene rings is 2. The summed E-state index contributed by atoms with van der Waals surface area (Å²) in [4.78, 5) is 0. The van der Waals surface area contributed by atoms with E-state index in [9.17, 15) is 4.39 Å². The first-order valence-corrected chi connectivity index (χ1v) is 5.33. The molecule has 0 spiro atoms. The highest BCUT2D eigenvalue weighted by Crippen LogP contribution is 2.27. The molecule has 18 heavy (non-hydrogen) atoms. The van der Waals surface area contributed by atoms with Crippen molar-refractivity contribution in [1.82, 2.24) is 0 Å². The third kappa shape index (κ3) is 2.58. The number of ether oxygens (including phenoxy) is 1. The van der Waals surface area contributed by atoms with Gasteiger partial charge in [-0.15, -0.1) is 0 Å². The number of anilines is 2. The minimum absolute atomic E-state index is 0.271. The Morgan fingerprint density at radius 3 is 2.72 bits per heavy atom. The van der Waals surface area contributed by atoms with Crippen LogP contribution in [0, 0.1) is 17.1 Å². The lowest BCUT2D eigenvalue weighted by atomic mass is 10.2. The van der Waals surface area contributed by atoms with E-state index in [4.69, 9.17) is 10.00 Å². The molecular formula is C14H11FN2O. The topological polar surface area (TPSA) is 45.0 Å². The molecular weight excluding hydrogens is 231 g/mol. The number of para-hydroxylation sites is 2. The molecule has 0 atom stereocenters. The molecule has 2 rings (SSSR count). The lowest BCUT2D eigenvalue weighted by Gasteiger charge is -2.11. The highest BCUT2D eigenvalue weighted by atomic mass is 19.1. The Labute approximate surface area is 104 Å². The summed E-state index contributed by atoms with van der Waals surface area (Å²) < 4.78 is 18.5. The summed E-state index contributed by atoms with van der Waals surface area (Å²) in [6.07, 6.45) is 0. The molecule has 4 heteroatoms. The minimum atomic E-state index is -0.452. The van der Waals surface area contributed by atoms with Crippen molar-refractivity contribution in [2.24, 2.45) is 0 Å². The summed E-state index contributed by atoms with van der Waals surface area (Å²) in [7, 11) is 1.56. The van der Waals surface area contributed by atoms with Crippen LogP contribution in [0.1, 0.15) is 5.56 Å². The second-order valence-electron chi connectivity index (χ2n) is 3.67. The van der Waals surface area contributed by atoms with E-state index in [1.165, 1.54) is 12.1 Å². The van der Waals surface area contributed by atoms with E-state index >= 15 is 0 Å². The van der Waals surface area contributed by atoms with Gasteiger partial charge in [0.15, 0.2) is 0 Å². The van der Waals surface area contributed by atoms with E-state index in [1.54, 1.807) is 19.2 Å². The van der Waals surface area contributed by atoms with Crippen LogP contribution in [0.2, 0.25) is 0 Å². The summed E-state index contributed by atoms with van der Waals surface area (Å²) in [5.41, 5.74) is 1.50. The molecule has 3 nitrogen and oxygen atoms in total. The van der Waals surface area contributed by atoms with Crippen molar-refractivity contribution in [3.8, 4) is 11.8 Å². The molecule has 0 aromatic heterocycles. The molecule has 0 radical (unpaired) electrons. The van der Waals surface area contributed by atoms with Crippen molar-refractivity contribution < 1.29 is 9.13 Å². The average Bonchev–Trinajstić information content (AvgIpc) is 2.38. The quantitative estimate of drug-likeness (QED) is 0.896. The Hall–Kier alpha value is -2.54. The molecule has 0 heterocycles. The molecule has 0 aliphatic rings. The van der Waals surface area contributed by atoms with Crippen LogP contribution in [0.3, 0.4) is 0 Å². The van der Waals surface area contributed by atoms with Gasteiger partial charge in [0.1, 0.15) is 11.6 Å². The molecule has 0 saturated carbocycles. The summed E-state index contributed by atoms with van der Waals surface area (Å²) >= 11 is 0. The lowest BCUT2D eigenvalue weighted by Crippen LogP contribution is -1.95. The number of methoxy groups -OCH3 is 1. The van der Waals surface area contributed by atoms with Crippen molar-refractivity contribution in [3.63, 3.8) is 0 Å². The largest absolute Gasteiger partial charge is 0.495 e. The number of nitriles is 1. The molecule has 0 amide bonds. The van der Waals surface area contributed by atoms with Gasteiger partial charge in [0.25, 0.3) is 0 Å². The molecule has 90 valence electrons. The number of hydrogen-bond donors (Lipinski definition) is 1. The number of nitrogens with one attached hydrogen (secondary N) is 1. The monoisotopic (exact) mass is 242 g/mol. The lowest BCUT2D eigenvalue weighted by molar-refractivity contribution is 0.417. The van der Waals surface area contributed by atoms with Gasteiger partial charge >= 0.3 is 0 Å². The van der Waals surface area contributed by atoms with Gasteiger partial charge < -0.3 is 10.1 Å². The van der Waals surface area contributed by atoms with Crippen LogP contribution in [0.4, 0.5) is 15.8 Å². The summed E-state index contributed by atoms with van der Waals surface area (Å²) in [5, 5.41) is 11.8. The maximum atomic E-state index is 13.3. The van der Waals surface area contributed by atoms with Crippen molar-refractivity contribution in [1.29, 1.82) is 5.26 Å². The fourth-order valence-corrected chi connectivity index (χ4v) is 1.63. The van der Waals surface area contributed by atoms with Crippen molar-refractivity contribution in [2.75, 3.05) is 12.4 Å². The number of nitrogens with zero attached hydrogens (tertiary/aromatic N) is 1. The zero-order chi connectivity index (χ0) is 13.0. The van der Waals surface area contributed by atoms with Crippen LogP contribution in [0.25, 0.3) is 0 Å². The Bertz CT molecular complexity index is 605. The number of hydrogen-bond acceptors (Lipinski definition) is 3. The van der Waals surface area contributed by atoms with Gasteiger partial charge in [0.2, 0.25) is 0 Å². The standard InChI is InChI=1S/C14H11FN2O/c1-18-14-5-3-2-4-13(14)17-12-7-10(9-16)6-11(15)8-12/h2-8,17H,1H3. The summed E-state index contributed by atoms with van der Waals surface area (Å²) in [5.74, 6) is 0.201. The van der Waals surface area contributed by atoms with Gasteiger partial charge in [-0.05, 0) is 30.3 Å². The average molecular weight is 242 g/mol. The Kier molecular flexibility index (Phi) is 3.44. The first kappa shape index (κ1) is 11.9. The van der Waals surface area contributed by atoms with Gasteiger partial charge in [-0.2, -0.15) is 5.26 Å². The van der Waals surface area contributed by atoms with Crippen molar-refractivity contribution in [2.45, 2.75) is 0 Å². The van der Waals surface area contributed by atoms with Crippen molar-refractivity contribution in [3.05, 3.63) is 53.8 Å². The van der Waals surface area contributed by atoms with Crippen LogP contribution in [0.15, 0.2) is 42.5 Å². The zero-order valence-electron chi connectivity index (χ0n) is 9.77. The van der Waals surface area contributed by atoms with Crippen LogP contribution < -0.4 is 10.1 Å². The van der Waals surface area contributed by atoms with Gasteiger partial charge in [0, 0.05) is 5.69 Å². The van der Waals surface area contributed by atoms with E-state index in [2.05, 4.69) is 5.32 Å². The SMILES string of the molecule is COc1ccccc1Nc1cc(F)cc(C#N)c1. The fourth-order valence-electron chi connectivity index (χ4n) is 1.63. The highest BCUT2D eigenvalue weighted by molar-refractivity contribution is 5.67. The van der Waals surface area contributed by atoms with E-state index in [0.29, 0.717) is 11.4 Å². The fraction of sp³-hybridized carbons (Fsp3) is 0.0714. The molecule has 2 aromatic carbocycles. The van der Waals surface area contributed by atoms with Gasteiger partial charge in [-0.25, -0.2) is 4.39 Å². The summed E-state index contributed by atoms with van der Waals surface area (Å²) in [6, 6.07) is 13.3. The second kappa shape index (κ2) is 5.19. The Morgan fingerprint density at radius 1 is 1.22 bits per heavy atom. The second-order valence-corrected chi connectivity index (χ2v) is 3.67. The normalized spacial score (nSPS) is 9.61. The Balaban J connectivity index is 2.34. The number of halogens is 1. The molecule has 0 aliphatic heterocycles. The van der Waals surface area contributed by atoms with E-state index in [-0.39, 0.29) is 5.56 Å². The third-order valence-corrected chi connectivity index (χ3v) is 2.41. The molecule has 2 aromatic rings. The van der Waals surface area contributed by atoms with E-state index in [0.717, 1.165) is 5.69 Å².